The molecule has 9 nitrogen and oxygen atoms in total. The van der Waals surface area contributed by atoms with Gasteiger partial charge in [0.1, 0.15) is 17.3 Å². The van der Waals surface area contributed by atoms with Gasteiger partial charge < -0.3 is 4.90 Å². The topological polar surface area (TPSA) is 97.1 Å². The zero-order valence-corrected chi connectivity index (χ0v) is 19.0. The van der Waals surface area contributed by atoms with Crippen LogP contribution in [0.5, 0.6) is 0 Å². The van der Waals surface area contributed by atoms with Crippen molar-refractivity contribution in [3.05, 3.63) is 36.4 Å². The third-order valence-electron chi connectivity index (χ3n) is 6.72. The van der Waals surface area contributed by atoms with Crippen LogP contribution in [0, 0.1) is 5.92 Å². The van der Waals surface area contributed by atoms with E-state index in [2.05, 4.69) is 25.2 Å². The van der Waals surface area contributed by atoms with Crippen LogP contribution in [0.1, 0.15) is 31.5 Å². The predicted molar refractivity (Wildman–Crippen MR) is 123 cm³/mol. The molecule has 5 rings (SSSR count). The number of ketones is 1. The van der Waals surface area contributed by atoms with Gasteiger partial charge in [-0.05, 0) is 44.8 Å². The molecule has 0 saturated carbocycles. The predicted octanol–water partition coefficient (Wildman–Crippen LogP) is 1.87. The second kappa shape index (κ2) is 9.35. The lowest BCUT2D eigenvalue weighted by atomic mass is 9.90. The van der Waals surface area contributed by atoms with Crippen molar-refractivity contribution in [1.29, 1.82) is 0 Å². The molecule has 4 heterocycles. The summed E-state index contributed by atoms with van der Waals surface area (Å²) in [5, 5.41) is 9.06. The number of hydrogen-bond donors (Lipinski definition) is 0. The molecule has 1 amide bonds. The van der Waals surface area contributed by atoms with E-state index in [0.29, 0.717) is 25.5 Å². The Morgan fingerprint density at radius 1 is 1.09 bits per heavy atom. The molecule has 2 saturated heterocycles. The Bertz CT molecular complexity index is 1160. The van der Waals surface area contributed by atoms with Crippen molar-refractivity contribution in [1.82, 2.24) is 34.8 Å². The Hall–Kier alpha value is -3.20. The molecular weight excluding hydrogens is 418 g/mol. The lowest BCUT2D eigenvalue weighted by Crippen LogP contribution is -2.44. The number of nitrogens with zero attached hydrogens (tertiary/aromatic N) is 7. The minimum atomic E-state index is -0.0361. The van der Waals surface area contributed by atoms with Gasteiger partial charge in [0, 0.05) is 43.2 Å². The van der Waals surface area contributed by atoms with E-state index in [1.165, 1.54) is 12.8 Å². The van der Waals surface area contributed by atoms with Crippen molar-refractivity contribution < 1.29 is 9.59 Å². The number of carbonyl (C=O) groups excluding carboxylic acids is 2. The van der Waals surface area contributed by atoms with Gasteiger partial charge in [0.2, 0.25) is 5.91 Å². The lowest BCUT2D eigenvalue weighted by molar-refractivity contribution is -0.135. The number of aromatic nitrogens is 5. The number of amides is 1. The Kier molecular flexibility index (Phi) is 6.13. The normalized spacial score (nSPS) is 17.7. The average Bonchev–Trinajstić information content (AvgIpc) is 3.50. The summed E-state index contributed by atoms with van der Waals surface area (Å²) in [5.41, 5.74) is 2.50. The monoisotopic (exact) mass is 447 g/mol. The third-order valence-corrected chi connectivity index (χ3v) is 6.72. The standard InChI is InChI=1S/C24H29N7O2/c1-29-15-21(27-28-29)18-4-5-19-14-25-23(26-20(19)12-18)13-22(32)17-6-10-31(11-7-17)24(33)16-30-8-2-3-9-30/h4-5,12,14-15,17H,2-3,6-11,13,16H2,1H3. The Morgan fingerprint density at radius 2 is 1.88 bits per heavy atom. The van der Waals surface area contributed by atoms with Crippen LogP contribution >= 0.6 is 0 Å². The number of likely N-dealkylation sites (tertiary alicyclic amines) is 2. The van der Waals surface area contributed by atoms with Crippen molar-refractivity contribution in [2.75, 3.05) is 32.7 Å². The molecule has 2 aliphatic rings. The summed E-state index contributed by atoms with van der Waals surface area (Å²) in [6.07, 6.45) is 7.65. The van der Waals surface area contributed by atoms with Gasteiger partial charge in [-0.1, -0.05) is 17.3 Å². The number of Topliss-reactive ketones (excluding diaryl/α,β-unsaturated/α-hetero) is 1. The first kappa shape index (κ1) is 21.6. The second-order valence-corrected chi connectivity index (χ2v) is 9.12. The fourth-order valence-electron chi connectivity index (χ4n) is 4.77. The van der Waals surface area contributed by atoms with Gasteiger partial charge in [0.25, 0.3) is 0 Å². The smallest absolute Gasteiger partial charge is 0.236 e. The highest BCUT2D eigenvalue weighted by Crippen LogP contribution is 2.23. The molecule has 172 valence electrons. The summed E-state index contributed by atoms with van der Waals surface area (Å²) >= 11 is 0. The number of benzene rings is 1. The first-order valence-electron chi connectivity index (χ1n) is 11.7. The minimum absolute atomic E-state index is 0.0361. The summed E-state index contributed by atoms with van der Waals surface area (Å²) in [6.45, 7) is 3.87. The van der Waals surface area contributed by atoms with E-state index >= 15 is 0 Å². The number of rotatable bonds is 6. The number of piperidine rings is 1. The molecule has 0 N–H and O–H groups in total. The molecule has 0 spiro atoms. The quantitative estimate of drug-likeness (QED) is 0.569. The molecule has 0 bridgehead atoms. The van der Waals surface area contributed by atoms with Gasteiger partial charge in [-0.25, -0.2) is 9.97 Å². The summed E-state index contributed by atoms with van der Waals surface area (Å²) in [7, 11) is 1.83. The zero-order valence-electron chi connectivity index (χ0n) is 19.0. The van der Waals surface area contributed by atoms with Crippen LogP contribution in [0.4, 0.5) is 0 Å². The second-order valence-electron chi connectivity index (χ2n) is 9.12. The third kappa shape index (κ3) is 4.93. The van der Waals surface area contributed by atoms with Crippen LogP contribution in [0.25, 0.3) is 22.2 Å². The molecule has 9 heteroatoms. The van der Waals surface area contributed by atoms with E-state index in [1.54, 1.807) is 10.9 Å². The van der Waals surface area contributed by atoms with Crippen LogP contribution < -0.4 is 0 Å². The van der Waals surface area contributed by atoms with Crippen LogP contribution in [0.2, 0.25) is 0 Å². The molecule has 1 aromatic carbocycles. The maximum absolute atomic E-state index is 12.9. The minimum Gasteiger partial charge on any atom is -0.342 e. The molecule has 0 atom stereocenters. The number of aryl methyl sites for hydroxylation is 1. The Balaban J connectivity index is 1.19. The molecule has 2 fully saturated rings. The van der Waals surface area contributed by atoms with E-state index in [9.17, 15) is 9.59 Å². The highest BCUT2D eigenvalue weighted by Gasteiger charge is 2.28. The van der Waals surface area contributed by atoms with Gasteiger partial charge in [-0.3, -0.25) is 19.2 Å². The van der Waals surface area contributed by atoms with Gasteiger partial charge in [-0.2, -0.15) is 0 Å². The van der Waals surface area contributed by atoms with E-state index in [4.69, 9.17) is 0 Å². The summed E-state index contributed by atoms with van der Waals surface area (Å²) in [6, 6.07) is 5.89. The van der Waals surface area contributed by atoms with Crippen LogP contribution in [0.15, 0.2) is 30.6 Å². The van der Waals surface area contributed by atoms with Crippen molar-refractivity contribution in [3.63, 3.8) is 0 Å². The largest absolute Gasteiger partial charge is 0.342 e. The first-order valence-corrected chi connectivity index (χ1v) is 11.7. The molecular formula is C24H29N7O2. The molecule has 2 aromatic heterocycles. The molecule has 0 radical (unpaired) electrons. The fraction of sp³-hybridized carbons (Fsp3) is 0.500. The average molecular weight is 448 g/mol. The number of fused-ring (bicyclic) bond motifs is 1. The SMILES string of the molecule is Cn1cc(-c2ccc3cnc(CC(=O)C4CCN(C(=O)CN5CCCC5)CC4)nc3c2)nn1. The Morgan fingerprint density at radius 3 is 2.61 bits per heavy atom. The van der Waals surface area contributed by atoms with Crippen molar-refractivity contribution in [3.8, 4) is 11.3 Å². The highest BCUT2D eigenvalue weighted by molar-refractivity contribution is 5.85. The van der Waals surface area contributed by atoms with Gasteiger partial charge >= 0.3 is 0 Å². The maximum atomic E-state index is 12.9. The van der Waals surface area contributed by atoms with Crippen molar-refractivity contribution in [2.45, 2.75) is 32.1 Å². The molecule has 33 heavy (non-hydrogen) atoms. The maximum Gasteiger partial charge on any atom is 0.236 e. The molecule has 3 aromatic rings. The van der Waals surface area contributed by atoms with Gasteiger partial charge in [0.05, 0.1) is 24.7 Å². The van der Waals surface area contributed by atoms with Crippen molar-refractivity contribution in [2.24, 2.45) is 13.0 Å². The van der Waals surface area contributed by atoms with Gasteiger partial charge in [0.15, 0.2) is 0 Å². The molecule has 0 aliphatic carbocycles. The van der Waals surface area contributed by atoms with Crippen LogP contribution in [-0.2, 0) is 23.1 Å². The van der Waals surface area contributed by atoms with Crippen LogP contribution in [0.3, 0.4) is 0 Å². The van der Waals surface area contributed by atoms with Gasteiger partial charge in [-0.15, -0.1) is 5.10 Å². The summed E-state index contributed by atoms with van der Waals surface area (Å²) in [5.74, 6) is 0.855. The number of hydrogen-bond acceptors (Lipinski definition) is 7. The lowest BCUT2D eigenvalue weighted by Gasteiger charge is -2.32. The Labute approximate surface area is 192 Å². The highest BCUT2D eigenvalue weighted by atomic mass is 16.2. The molecule has 0 unspecified atom stereocenters. The number of carbonyl (C=O) groups is 2. The molecule has 2 aliphatic heterocycles. The van der Waals surface area contributed by atoms with Crippen molar-refractivity contribution >= 4 is 22.6 Å². The van der Waals surface area contributed by atoms with E-state index in [-0.39, 0.29) is 24.0 Å². The first-order chi connectivity index (χ1) is 16.0. The fourth-order valence-corrected chi connectivity index (χ4v) is 4.77. The zero-order chi connectivity index (χ0) is 22.8. The van der Waals surface area contributed by atoms with E-state index in [0.717, 1.165) is 48.1 Å². The summed E-state index contributed by atoms with van der Waals surface area (Å²) < 4.78 is 1.66. The van der Waals surface area contributed by atoms with E-state index < -0.39 is 0 Å². The van der Waals surface area contributed by atoms with Crippen LogP contribution in [-0.4, -0.2) is 79.2 Å². The summed E-state index contributed by atoms with van der Waals surface area (Å²) in [4.78, 5) is 38.7. The van der Waals surface area contributed by atoms with E-state index in [1.807, 2.05) is 36.3 Å².